The van der Waals surface area contributed by atoms with Crippen LogP contribution in [0.5, 0.6) is 0 Å². The number of aryl methyl sites for hydroxylation is 1. The van der Waals surface area contributed by atoms with Crippen LogP contribution in [-0.4, -0.2) is 46.4 Å². The molecule has 0 atom stereocenters. The van der Waals surface area contributed by atoms with Gasteiger partial charge in [0.05, 0.1) is 5.56 Å². The van der Waals surface area contributed by atoms with Gasteiger partial charge in [-0.1, -0.05) is 12.1 Å². The van der Waals surface area contributed by atoms with Crippen LogP contribution in [-0.2, 0) is 14.8 Å². The van der Waals surface area contributed by atoms with Crippen LogP contribution in [0.1, 0.15) is 23.1 Å². The zero-order chi connectivity index (χ0) is 20.2. The molecule has 0 aliphatic rings. The second kappa shape index (κ2) is 7.74. The van der Waals surface area contributed by atoms with E-state index in [1.165, 1.54) is 26.0 Å². The molecule has 0 saturated heterocycles. The second-order valence-corrected chi connectivity index (χ2v) is 6.72. The number of aromatic carboxylic acids is 1. The molecule has 0 radical (unpaired) electrons. The summed E-state index contributed by atoms with van der Waals surface area (Å²) in [5.74, 6) is -2.22. The van der Waals surface area contributed by atoms with Gasteiger partial charge < -0.3 is 5.11 Å². The number of rotatable bonds is 5. The van der Waals surface area contributed by atoms with E-state index in [9.17, 15) is 22.8 Å². The summed E-state index contributed by atoms with van der Waals surface area (Å²) in [7, 11) is -4.48. The molecular formula is C14H14N6O6S. The molecule has 2 aromatic rings. The Hall–Kier alpha value is -3.61. The highest BCUT2D eigenvalue weighted by molar-refractivity contribution is 7.90. The monoisotopic (exact) mass is 394 g/mol. The van der Waals surface area contributed by atoms with Crippen LogP contribution < -0.4 is 15.4 Å². The van der Waals surface area contributed by atoms with Crippen molar-refractivity contribution in [3.05, 3.63) is 35.7 Å². The molecule has 27 heavy (non-hydrogen) atoms. The summed E-state index contributed by atoms with van der Waals surface area (Å²) < 4.78 is 26.3. The number of carbonyl (C=O) groups is 3. The number of nitrogens with zero attached hydrogens (tertiary/aromatic N) is 3. The number of benzene rings is 1. The first kappa shape index (κ1) is 19.7. The van der Waals surface area contributed by atoms with E-state index in [4.69, 9.17) is 5.11 Å². The SMILES string of the molecule is CC(=O)Nc1nc(C)nc(NC(=O)NS(=O)(=O)c2ccccc2C(=O)O)n1. The van der Waals surface area contributed by atoms with E-state index in [0.717, 1.165) is 12.1 Å². The maximum Gasteiger partial charge on any atom is 0.337 e. The van der Waals surface area contributed by atoms with Crippen molar-refractivity contribution in [2.24, 2.45) is 0 Å². The van der Waals surface area contributed by atoms with E-state index in [2.05, 4.69) is 25.6 Å². The van der Waals surface area contributed by atoms with Gasteiger partial charge in [0.15, 0.2) is 0 Å². The van der Waals surface area contributed by atoms with Gasteiger partial charge in [-0.3, -0.25) is 15.4 Å². The number of carboxylic acid groups (broad SMARTS) is 1. The highest BCUT2D eigenvalue weighted by Gasteiger charge is 2.24. The first-order valence-electron chi connectivity index (χ1n) is 7.25. The number of hydrogen-bond donors (Lipinski definition) is 4. The van der Waals surface area contributed by atoms with Crippen molar-refractivity contribution in [2.45, 2.75) is 18.7 Å². The van der Waals surface area contributed by atoms with Crippen molar-refractivity contribution in [2.75, 3.05) is 10.6 Å². The minimum atomic E-state index is -4.48. The summed E-state index contributed by atoms with van der Waals surface area (Å²) in [6, 6.07) is 3.56. The Labute approximate surface area is 153 Å². The molecule has 13 heteroatoms. The lowest BCUT2D eigenvalue weighted by atomic mass is 10.2. The van der Waals surface area contributed by atoms with Crippen molar-refractivity contribution in [3.63, 3.8) is 0 Å². The van der Waals surface area contributed by atoms with Crippen LogP contribution in [0.25, 0.3) is 0 Å². The van der Waals surface area contributed by atoms with Crippen LogP contribution in [0.4, 0.5) is 16.7 Å². The zero-order valence-electron chi connectivity index (χ0n) is 14.0. The fourth-order valence-electron chi connectivity index (χ4n) is 1.93. The molecule has 0 aliphatic carbocycles. The quantitative estimate of drug-likeness (QED) is 0.556. The normalized spacial score (nSPS) is 10.7. The smallest absolute Gasteiger partial charge is 0.337 e. The van der Waals surface area contributed by atoms with Gasteiger partial charge in [0.25, 0.3) is 10.0 Å². The average Bonchev–Trinajstić information content (AvgIpc) is 2.52. The lowest BCUT2D eigenvalue weighted by molar-refractivity contribution is -0.114. The fraction of sp³-hybridized carbons (Fsp3) is 0.143. The third kappa shape index (κ3) is 5.18. The molecule has 0 unspecified atom stereocenters. The minimum absolute atomic E-state index is 0.135. The molecule has 1 aromatic carbocycles. The number of hydrogen-bond acceptors (Lipinski definition) is 8. The van der Waals surface area contributed by atoms with Gasteiger partial charge in [-0.2, -0.15) is 15.0 Å². The summed E-state index contributed by atoms with van der Waals surface area (Å²) in [4.78, 5) is 45.0. The van der Waals surface area contributed by atoms with Crippen molar-refractivity contribution in [1.29, 1.82) is 0 Å². The lowest BCUT2D eigenvalue weighted by Crippen LogP contribution is -2.35. The van der Waals surface area contributed by atoms with Gasteiger partial charge in [0.1, 0.15) is 10.7 Å². The van der Waals surface area contributed by atoms with Crippen LogP contribution in [0.2, 0.25) is 0 Å². The van der Waals surface area contributed by atoms with Crippen LogP contribution in [0.15, 0.2) is 29.2 Å². The summed E-state index contributed by atoms with van der Waals surface area (Å²) in [6.07, 6.45) is 0. The van der Waals surface area contributed by atoms with Crippen molar-refractivity contribution >= 4 is 39.8 Å². The molecule has 1 aromatic heterocycles. The Morgan fingerprint density at radius 1 is 1.00 bits per heavy atom. The van der Waals surface area contributed by atoms with Crippen LogP contribution in [0, 0.1) is 6.92 Å². The number of carbonyl (C=O) groups excluding carboxylic acids is 2. The first-order chi connectivity index (χ1) is 12.6. The number of anilines is 2. The number of carboxylic acids is 1. The molecular weight excluding hydrogens is 380 g/mol. The molecule has 0 spiro atoms. The number of nitrogens with one attached hydrogen (secondary N) is 3. The summed E-state index contributed by atoms with van der Waals surface area (Å²) >= 11 is 0. The summed E-state index contributed by atoms with van der Waals surface area (Å²) in [6.45, 7) is 2.70. The Balaban J connectivity index is 2.22. The fourth-order valence-corrected chi connectivity index (χ4v) is 3.04. The highest BCUT2D eigenvalue weighted by atomic mass is 32.2. The molecule has 12 nitrogen and oxygen atoms in total. The van der Waals surface area contributed by atoms with E-state index in [1.807, 2.05) is 0 Å². The summed E-state index contributed by atoms with van der Waals surface area (Å²) in [5, 5.41) is 13.5. The van der Waals surface area contributed by atoms with Gasteiger partial charge in [-0.25, -0.2) is 22.7 Å². The van der Waals surface area contributed by atoms with Crippen molar-refractivity contribution in [1.82, 2.24) is 19.7 Å². The molecule has 142 valence electrons. The highest BCUT2D eigenvalue weighted by Crippen LogP contribution is 2.15. The standard InChI is InChI=1S/C14H14N6O6S/c1-7-15-12(17-8(2)21)18-13(16-7)19-14(24)20-27(25,26)10-6-4-3-5-9(10)11(22)23/h3-6H,1-2H3,(H,22,23)(H3,15,16,17,18,19,20,21,24). The topological polar surface area (TPSA) is 180 Å². The molecule has 0 saturated carbocycles. The number of sulfonamides is 1. The number of aromatic nitrogens is 3. The predicted molar refractivity (Wildman–Crippen MR) is 91.6 cm³/mol. The van der Waals surface area contributed by atoms with Gasteiger partial charge in [0, 0.05) is 6.92 Å². The molecule has 2 rings (SSSR count). The molecule has 0 aliphatic heterocycles. The molecule has 0 fully saturated rings. The van der Waals surface area contributed by atoms with E-state index >= 15 is 0 Å². The number of amides is 3. The van der Waals surface area contributed by atoms with Gasteiger partial charge >= 0.3 is 12.0 Å². The van der Waals surface area contributed by atoms with E-state index in [0.29, 0.717) is 0 Å². The van der Waals surface area contributed by atoms with Crippen molar-refractivity contribution < 1.29 is 27.9 Å². The second-order valence-electron chi connectivity index (χ2n) is 5.07. The van der Waals surface area contributed by atoms with E-state index in [-0.39, 0.29) is 17.7 Å². The maximum atomic E-state index is 12.3. The Morgan fingerprint density at radius 3 is 2.19 bits per heavy atom. The molecule has 4 N–H and O–H groups in total. The third-order valence-electron chi connectivity index (χ3n) is 2.89. The third-order valence-corrected chi connectivity index (χ3v) is 4.28. The van der Waals surface area contributed by atoms with Crippen molar-refractivity contribution in [3.8, 4) is 0 Å². The largest absolute Gasteiger partial charge is 0.478 e. The van der Waals surface area contributed by atoms with Gasteiger partial charge in [-0.05, 0) is 19.1 Å². The van der Waals surface area contributed by atoms with E-state index in [1.54, 1.807) is 4.72 Å². The maximum absolute atomic E-state index is 12.3. The molecule has 3 amide bonds. The Bertz CT molecular complexity index is 1020. The summed E-state index contributed by atoms with van der Waals surface area (Å²) in [5.41, 5.74) is -0.498. The zero-order valence-corrected chi connectivity index (χ0v) is 14.9. The Morgan fingerprint density at radius 2 is 1.59 bits per heavy atom. The van der Waals surface area contributed by atoms with Gasteiger partial charge in [-0.15, -0.1) is 0 Å². The van der Waals surface area contributed by atoms with Gasteiger partial charge in [0.2, 0.25) is 17.8 Å². The Kier molecular flexibility index (Phi) is 5.65. The first-order valence-corrected chi connectivity index (χ1v) is 8.73. The van der Waals surface area contributed by atoms with E-state index < -0.39 is 38.4 Å². The molecule has 1 heterocycles. The predicted octanol–water partition coefficient (Wildman–Crippen LogP) is 0.347. The molecule has 0 bridgehead atoms. The number of urea groups is 1. The minimum Gasteiger partial charge on any atom is -0.478 e. The lowest BCUT2D eigenvalue weighted by Gasteiger charge is -2.10. The average molecular weight is 394 g/mol. The van der Waals surface area contributed by atoms with Crippen LogP contribution in [0.3, 0.4) is 0 Å². The van der Waals surface area contributed by atoms with Crippen LogP contribution >= 0.6 is 0 Å².